The first-order chi connectivity index (χ1) is 26.2. The first-order valence-electron chi connectivity index (χ1n) is 18.6. The van der Waals surface area contributed by atoms with Gasteiger partial charge >= 0.3 is 6.18 Å². The summed E-state index contributed by atoms with van der Waals surface area (Å²) >= 11 is 0. The number of nitrogens with zero attached hydrogens (tertiary/aromatic N) is 3. The number of benzene rings is 2. The Labute approximate surface area is 314 Å². The molecule has 2 aliphatic carbocycles. The van der Waals surface area contributed by atoms with E-state index < -0.39 is 61.9 Å². The maximum Gasteiger partial charge on any atom is 0.416 e. The van der Waals surface area contributed by atoms with Gasteiger partial charge in [-0.15, -0.1) is 0 Å². The third-order valence-electron chi connectivity index (χ3n) is 11.3. The Morgan fingerprint density at radius 1 is 1.04 bits per heavy atom. The standard InChI is InChI=1S/C39H40F3N5O7S/c1-37(18-19-37)55(51,52)46-36(50)38-21-25(38)10-6-4-2-3-5-7-13-30(48)47-22-26(20-28(47)34(49)45-38)53-35-32-31(27-11-8-9-12-29(27)54-32)43-33(44-35)23-14-16-24(17-15-23)39(40,41)42/h6,8-12,14-17,25-26,28H,2-5,7,13,18-22H2,1H3,(H,45,49)(H,46,50)/b10-6-/t25-,26-,28+,38-/m1/s1. The Morgan fingerprint density at radius 3 is 2.53 bits per heavy atom. The molecule has 2 aromatic heterocycles. The molecule has 2 aromatic carbocycles. The number of para-hydroxylation sites is 1. The smallest absolute Gasteiger partial charge is 0.416 e. The largest absolute Gasteiger partial charge is 0.470 e. The number of amides is 3. The lowest BCUT2D eigenvalue weighted by atomic mass is 10.1. The van der Waals surface area contributed by atoms with Gasteiger partial charge in [0.05, 0.1) is 16.9 Å². The fraction of sp³-hybridized carbons (Fsp3) is 0.462. The summed E-state index contributed by atoms with van der Waals surface area (Å²) in [6, 6.07) is 10.5. The van der Waals surface area contributed by atoms with Crippen molar-refractivity contribution in [2.24, 2.45) is 5.92 Å². The Kier molecular flexibility index (Phi) is 9.16. The average molecular weight is 780 g/mol. The van der Waals surface area contributed by atoms with Gasteiger partial charge in [0, 0.05) is 29.7 Å². The Morgan fingerprint density at radius 2 is 1.78 bits per heavy atom. The van der Waals surface area contributed by atoms with E-state index in [2.05, 4.69) is 20.0 Å². The van der Waals surface area contributed by atoms with Crippen molar-refractivity contribution in [2.75, 3.05) is 6.54 Å². The molecule has 8 rings (SSSR count). The van der Waals surface area contributed by atoms with E-state index in [0.29, 0.717) is 41.3 Å². The monoisotopic (exact) mass is 779 g/mol. The maximum atomic E-state index is 14.2. The van der Waals surface area contributed by atoms with Crippen LogP contribution in [0.2, 0.25) is 0 Å². The number of carbonyl (C=O) groups is 3. The molecule has 0 unspecified atom stereocenters. The molecule has 1 saturated heterocycles. The summed E-state index contributed by atoms with van der Waals surface area (Å²) in [5.74, 6) is -2.05. The molecule has 0 radical (unpaired) electrons. The van der Waals surface area contributed by atoms with Crippen LogP contribution in [0.5, 0.6) is 5.88 Å². The predicted octanol–water partition coefficient (Wildman–Crippen LogP) is 6.19. The molecule has 4 atom stereocenters. The first-order valence-corrected chi connectivity index (χ1v) is 20.0. The van der Waals surface area contributed by atoms with Crippen molar-refractivity contribution in [3.05, 3.63) is 66.2 Å². The molecule has 4 heterocycles. The van der Waals surface area contributed by atoms with Crippen LogP contribution in [0.15, 0.2) is 65.1 Å². The van der Waals surface area contributed by atoms with Crippen LogP contribution >= 0.6 is 0 Å². The molecule has 4 aliphatic rings. The van der Waals surface area contributed by atoms with Crippen LogP contribution in [0.4, 0.5) is 13.2 Å². The Bertz CT molecular complexity index is 2320. The van der Waals surface area contributed by atoms with Crippen LogP contribution in [-0.2, 0) is 30.6 Å². The minimum Gasteiger partial charge on any atom is -0.470 e. The van der Waals surface area contributed by atoms with Crippen LogP contribution in [0.25, 0.3) is 33.5 Å². The number of sulfonamides is 1. The molecule has 0 spiro atoms. The second-order valence-corrected chi connectivity index (χ2v) is 17.5. The Balaban J connectivity index is 1.11. The number of hydrogen-bond donors (Lipinski definition) is 2. The number of fused-ring (bicyclic) bond motifs is 5. The predicted molar refractivity (Wildman–Crippen MR) is 195 cm³/mol. The van der Waals surface area contributed by atoms with E-state index in [1.165, 1.54) is 17.0 Å². The lowest BCUT2D eigenvalue weighted by Crippen LogP contribution is -2.57. The van der Waals surface area contributed by atoms with E-state index in [-0.39, 0.29) is 49.0 Å². The molecule has 3 amide bonds. The van der Waals surface area contributed by atoms with Gasteiger partial charge < -0.3 is 19.4 Å². The molecule has 290 valence electrons. The van der Waals surface area contributed by atoms with Crippen LogP contribution < -0.4 is 14.8 Å². The zero-order chi connectivity index (χ0) is 38.8. The molecule has 2 aliphatic heterocycles. The van der Waals surface area contributed by atoms with E-state index in [9.17, 15) is 36.0 Å². The van der Waals surface area contributed by atoms with Crippen molar-refractivity contribution in [1.82, 2.24) is 24.9 Å². The fourth-order valence-corrected chi connectivity index (χ4v) is 8.82. The van der Waals surface area contributed by atoms with Crippen molar-refractivity contribution in [2.45, 2.75) is 99.7 Å². The third-order valence-corrected chi connectivity index (χ3v) is 13.5. The molecular formula is C39H40F3N5O7S. The summed E-state index contributed by atoms with van der Waals surface area (Å²) < 4.78 is 80.0. The second-order valence-electron chi connectivity index (χ2n) is 15.3. The molecule has 0 bridgehead atoms. The van der Waals surface area contributed by atoms with Gasteiger partial charge in [0.2, 0.25) is 27.4 Å². The Hall–Kier alpha value is -4.99. The number of alkyl halides is 3. The van der Waals surface area contributed by atoms with Gasteiger partial charge in [-0.3, -0.25) is 19.1 Å². The normalized spacial score (nSPS) is 26.3. The zero-order valence-corrected chi connectivity index (χ0v) is 30.8. The summed E-state index contributed by atoms with van der Waals surface area (Å²) in [6.45, 7) is 1.57. The van der Waals surface area contributed by atoms with Crippen molar-refractivity contribution < 1.29 is 45.1 Å². The van der Waals surface area contributed by atoms with E-state index in [0.717, 1.165) is 37.8 Å². The number of carbonyl (C=O) groups excluding carboxylic acids is 3. The number of furan rings is 1. The van der Waals surface area contributed by atoms with Gasteiger partial charge in [-0.1, -0.05) is 49.3 Å². The quantitative estimate of drug-likeness (QED) is 0.218. The van der Waals surface area contributed by atoms with Crippen LogP contribution in [0, 0.1) is 5.92 Å². The van der Waals surface area contributed by atoms with Crippen molar-refractivity contribution in [3.8, 4) is 17.3 Å². The third kappa shape index (κ3) is 7.04. The summed E-state index contributed by atoms with van der Waals surface area (Å²) in [6.07, 6.45) is 3.69. The van der Waals surface area contributed by atoms with Gasteiger partial charge in [0.1, 0.15) is 28.8 Å². The molecular weight excluding hydrogens is 740 g/mol. The molecule has 2 N–H and O–H groups in total. The number of nitrogens with one attached hydrogen (secondary N) is 2. The van der Waals surface area contributed by atoms with Gasteiger partial charge in [-0.2, -0.15) is 18.2 Å². The number of halogens is 3. The molecule has 12 nitrogen and oxygen atoms in total. The summed E-state index contributed by atoms with van der Waals surface area (Å²) in [5, 5.41) is 3.49. The van der Waals surface area contributed by atoms with Crippen LogP contribution in [-0.4, -0.2) is 70.0 Å². The lowest BCUT2D eigenvalue weighted by Gasteiger charge is -2.27. The van der Waals surface area contributed by atoms with Crippen LogP contribution in [0.3, 0.4) is 0 Å². The molecule has 4 aromatic rings. The SMILES string of the molecule is CC1(S(=O)(=O)NC(=O)[C@@]23C[C@H]2/C=C\CCCCCCC(=O)N2C[C@H](Oc4nc(-c5ccc(C(F)(F)F)cc5)nc5c4oc4ccccc45)C[C@H]2C(=O)N3)CC1. The highest BCUT2D eigenvalue weighted by Crippen LogP contribution is 2.48. The summed E-state index contributed by atoms with van der Waals surface area (Å²) in [4.78, 5) is 52.4. The van der Waals surface area contributed by atoms with Gasteiger partial charge in [-0.05, 0) is 69.7 Å². The van der Waals surface area contributed by atoms with Gasteiger partial charge in [-0.25, -0.2) is 13.4 Å². The van der Waals surface area contributed by atoms with E-state index >= 15 is 0 Å². The number of aromatic nitrogens is 2. The van der Waals surface area contributed by atoms with Gasteiger partial charge in [0.25, 0.3) is 11.8 Å². The highest BCUT2D eigenvalue weighted by molar-refractivity contribution is 7.91. The van der Waals surface area contributed by atoms with E-state index in [1.807, 2.05) is 12.2 Å². The molecule has 2 saturated carbocycles. The van der Waals surface area contributed by atoms with Crippen molar-refractivity contribution >= 4 is 49.8 Å². The number of hydrogen-bond acceptors (Lipinski definition) is 9. The van der Waals surface area contributed by atoms with E-state index in [1.54, 1.807) is 31.2 Å². The lowest BCUT2D eigenvalue weighted by molar-refractivity contribution is -0.139. The highest BCUT2D eigenvalue weighted by Gasteiger charge is 2.63. The number of allylic oxidation sites excluding steroid dienone is 1. The van der Waals surface area contributed by atoms with Crippen LogP contribution in [0.1, 0.15) is 76.7 Å². The topological polar surface area (TPSA) is 161 Å². The van der Waals surface area contributed by atoms with Gasteiger partial charge in [0.15, 0.2) is 5.82 Å². The van der Waals surface area contributed by atoms with E-state index in [4.69, 9.17) is 9.15 Å². The minimum atomic E-state index is -4.53. The average Bonchev–Trinajstić information content (AvgIpc) is 3.97. The molecule has 16 heteroatoms. The highest BCUT2D eigenvalue weighted by atomic mass is 32.2. The zero-order valence-electron chi connectivity index (χ0n) is 30.0. The van der Waals surface area contributed by atoms with Crippen molar-refractivity contribution in [3.63, 3.8) is 0 Å². The molecule has 3 fully saturated rings. The minimum absolute atomic E-state index is 0.00643. The first kappa shape index (κ1) is 37.0. The fourth-order valence-electron chi connectivity index (χ4n) is 7.51. The molecule has 55 heavy (non-hydrogen) atoms. The number of rotatable bonds is 6. The summed E-state index contributed by atoms with van der Waals surface area (Å²) in [5.41, 5.74) is -1.01. The maximum absolute atomic E-state index is 14.2. The second kappa shape index (κ2) is 13.6. The number of ether oxygens (including phenoxy) is 1. The van der Waals surface area contributed by atoms with Crippen molar-refractivity contribution in [1.29, 1.82) is 0 Å². The summed E-state index contributed by atoms with van der Waals surface area (Å²) in [7, 11) is -3.99.